The molecule has 0 aromatic carbocycles. The maximum absolute atomic E-state index is 9.22. The van der Waals surface area contributed by atoms with E-state index in [1.807, 2.05) is 0 Å². The van der Waals surface area contributed by atoms with Crippen LogP contribution in [0.1, 0.15) is 0 Å². The van der Waals surface area contributed by atoms with Gasteiger partial charge in [-0.1, -0.05) is 0 Å². The maximum Gasteiger partial charge on any atom is 2.00 e. The van der Waals surface area contributed by atoms with Crippen LogP contribution >= 0.6 is 0 Å². The first-order valence-electron chi connectivity index (χ1n) is 2.43. The third-order valence-electron chi connectivity index (χ3n) is 0.304. The van der Waals surface area contributed by atoms with E-state index < -0.39 is 31.0 Å². The van der Waals surface area contributed by atoms with Gasteiger partial charge < -0.3 is 9.11 Å². The van der Waals surface area contributed by atoms with Crippen LogP contribution in [0, 0.1) is 20.2 Å². The molecule has 0 aromatic heterocycles. The van der Waals surface area contributed by atoms with Crippen LogP contribution in [0.4, 0.5) is 0 Å². The minimum absolute atomic E-state index is 0. The van der Waals surface area contributed by atoms with E-state index in [-0.39, 0.29) is 20.4 Å². The molecule has 0 aromatic rings. The zero-order chi connectivity index (χ0) is 13.6. The fourth-order valence-corrected chi connectivity index (χ4v) is 0.447. The first-order valence-corrected chi connectivity index (χ1v) is 5.10. The smallest absolute Gasteiger partial charge is 0.727 e. The van der Waals surface area contributed by atoms with Crippen LogP contribution in [0.15, 0.2) is 0 Å². The van der Waals surface area contributed by atoms with E-state index in [1.54, 1.807) is 0 Å². The van der Waals surface area contributed by atoms with Gasteiger partial charge in [0.15, 0.2) is 0 Å². The Bertz CT molecular complexity index is 399. The molecule has 0 fully saturated rings. The minimum atomic E-state index is -5.17. The first-order chi connectivity index (χ1) is 6.83. The second-order valence-electron chi connectivity index (χ2n) is 1.41. The summed E-state index contributed by atoms with van der Waals surface area (Å²) in [5.74, 6) is 0. The Morgan fingerprint density at radius 1 is 0.765 bits per heavy atom. The summed E-state index contributed by atoms with van der Waals surface area (Å²) >= 11 is 0. The molecular weight excluding hydrogens is 391 g/mol. The minimum Gasteiger partial charge on any atom is -0.727 e. The van der Waals surface area contributed by atoms with Gasteiger partial charge in [0.05, 0.1) is 0 Å². The van der Waals surface area contributed by atoms with Gasteiger partial charge in [-0.25, -0.2) is 16.8 Å². The summed E-state index contributed by atoms with van der Waals surface area (Å²) in [4.78, 5) is 18.0. The van der Waals surface area contributed by atoms with Gasteiger partial charge in [-0.2, -0.15) is 8.57 Å². The van der Waals surface area contributed by atoms with Crippen LogP contribution in [0.5, 0.6) is 0 Å². The molecular formula is N2O12PdS2. The van der Waals surface area contributed by atoms with E-state index >= 15 is 0 Å². The summed E-state index contributed by atoms with van der Waals surface area (Å²) in [6.07, 6.45) is 0. The van der Waals surface area contributed by atoms with Gasteiger partial charge in [-0.15, -0.1) is 20.2 Å². The van der Waals surface area contributed by atoms with Crippen LogP contribution in [0.25, 0.3) is 0 Å². The molecule has 0 saturated heterocycles. The molecule has 17 heteroatoms. The van der Waals surface area contributed by atoms with Gasteiger partial charge >= 0.3 is 30.6 Å². The molecule has 0 aliphatic rings. The van der Waals surface area contributed by atoms with Gasteiger partial charge in [0.1, 0.15) is 0 Å². The summed E-state index contributed by atoms with van der Waals surface area (Å²) in [5.41, 5.74) is 0. The van der Waals surface area contributed by atoms with Crippen molar-refractivity contribution < 1.29 is 65.1 Å². The number of hydrogen-bond donors (Lipinski definition) is 0. The predicted molar refractivity (Wildman–Crippen MR) is 35.6 cm³/mol. The molecule has 0 amide bonds. The fraction of sp³-hybridized carbons (Fsp3) is 0. The van der Waals surface area contributed by atoms with Crippen LogP contribution < -0.4 is 0 Å². The summed E-state index contributed by atoms with van der Waals surface area (Å²) in [7, 11) is -10.3. The second-order valence-corrected chi connectivity index (χ2v) is 3.34. The normalized spacial score (nSPS) is 10.0. The van der Waals surface area contributed by atoms with E-state index in [0.717, 1.165) is 0 Å². The zero-order valence-electron chi connectivity index (χ0n) is 6.93. The molecule has 0 aliphatic carbocycles. The van der Waals surface area contributed by atoms with Crippen molar-refractivity contribution in [3.8, 4) is 0 Å². The third-order valence-corrected chi connectivity index (χ3v) is 0.913. The molecule has 0 atom stereocenters. The van der Waals surface area contributed by atoms with E-state index in [2.05, 4.69) is 8.57 Å². The molecule has 0 saturated carbocycles. The first kappa shape index (κ1) is 21.2. The zero-order valence-corrected chi connectivity index (χ0v) is 10.1. The van der Waals surface area contributed by atoms with Crippen molar-refractivity contribution in [2.75, 3.05) is 0 Å². The van der Waals surface area contributed by atoms with Crippen molar-refractivity contribution >= 4 is 20.8 Å². The number of nitrogens with zero attached hydrogens (tertiary/aromatic N) is 2. The summed E-state index contributed by atoms with van der Waals surface area (Å²) in [6, 6.07) is 0. The molecule has 0 rings (SSSR count). The van der Waals surface area contributed by atoms with Crippen LogP contribution in [-0.4, -0.2) is 36.1 Å². The van der Waals surface area contributed by atoms with Crippen molar-refractivity contribution in [3.63, 3.8) is 0 Å². The van der Waals surface area contributed by atoms with Gasteiger partial charge in [-0.05, 0) is 0 Å². The van der Waals surface area contributed by atoms with Crippen molar-refractivity contribution in [1.29, 1.82) is 0 Å². The monoisotopic (exact) mass is 390 g/mol. The Labute approximate surface area is 106 Å². The molecule has 0 spiro atoms. The van der Waals surface area contributed by atoms with Gasteiger partial charge in [-0.3, -0.25) is 0 Å². The van der Waals surface area contributed by atoms with E-state index in [4.69, 9.17) is 20.2 Å². The van der Waals surface area contributed by atoms with E-state index in [9.17, 15) is 25.9 Å². The standard InChI is InChI=1S/2HNO6S.Pd/c2*2-1(3)7-8(4,5)6;/h2*(H,4,5,6);/q;;+2/p-2. The molecule has 0 aliphatic heterocycles. The molecule has 0 N–H and O–H groups in total. The van der Waals surface area contributed by atoms with Crippen molar-refractivity contribution in [3.05, 3.63) is 20.2 Å². The Kier molecular flexibility index (Phi) is 10.0. The number of hydrogen-bond acceptors (Lipinski definition) is 12. The Morgan fingerprint density at radius 2 is 0.941 bits per heavy atom. The van der Waals surface area contributed by atoms with E-state index in [1.165, 1.54) is 0 Å². The van der Waals surface area contributed by atoms with Crippen LogP contribution in [-0.2, 0) is 49.8 Å². The summed E-state index contributed by atoms with van der Waals surface area (Å²) < 4.78 is 60.5. The molecule has 104 valence electrons. The molecule has 0 bridgehead atoms. The predicted octanol–water partition coefficient (Wildman–Crippen LogP) is -2.69. The Morgan fingerprint density at radius 3 is 0.941 bits per heavy atom. The molecule has 0 unspecified atom stereocenters. The van der Waals surface area contributed by atoms with Crippen LogP contribution in [0.2, 0.25) is 0 Å². The van der Waals surface area contributed by atoms with Gasteiger partial charge in [0.2, 0.25) is 0 Å². The Balaban J connectivity index is -0.000000218. The molecule has 14 nitrogen and oxygen atoms in total. The Hall–Kier alpha value is -1.12. The van der Waals surface area contributed by atoms with Gasteiger partial charge in [0, 0.05) is 0 Å². The largest absolute Gasteiger partial charge is 2.00 e. The quantitative estimate of drug-likeness (QED) is 0.157. The average Bonchev–Trinajstić information content (AvgIpc) is 1.72. The SMILES string of the molecule is O=[N+]([O-])OS(=O)(=O)[O-].O=[N+]([O-])OS(=O)(=O)[O-].[Pd+2]. The van der Waals surface area contributed by atoms with Crippen molar-refractivity contribution in [1.82, 2.24) is 0 Å². The molecule has 0 radical (unpaired) electrons. The second kappa shape index (κ2) is 8.04. The maximum atomic E-state index is 9.22. The third kappa shape index (κ3) is 31.3. The van der Waals surface area contributed by atoms with E-state index in [0.29, 0.717) is 0 Å². The topological polar surface area (TPSA) is 219 Å². The summed E-state index contributed by atoms with van der Waals surface area (Å²) in [6.45, 7) is 0. The molecule has 0 heterocycles. The summed E-state index contributed by atoms with van der Waals surface area (Å²) in [5, 5.41) is 14.7. The average molecular weight is 391 g/mol. The van der Waals surface area contributed by atoms with Crippen molar-refractivity contribution in [2.24, 2.45) is 0 Å². The van der Waals surface area contributed by atoms with Crippen LogP contribution in [0.3, 0.4) is 0 Å². The molecule has 17 heavy (non-hydrogen) atoms. The van der Waals surface area contributed by atoms with Gasteiger partial charge in [0.25, 0.3) is 20.8 Å². The number of rotatable bonds is 4. The fourth-order valence-electron chi connectivity index (χ4n) is 0.149. The van der Waals surface area contributed by atoms with Crippen molar-refractivity contribution in [2.45, 2.75) is 0 Å².